The molecule has 0 radical (unpaired) electrons. The second kappa shape index (κ2) is 30.6. The van der Waals surface area contributed by atoms with Crippen LogP contribution in [-0.2, 0) is 19.1 Å². The molecule has 0 rings (SSSR count). The average molecular weight is 541 g/mol. The highest BCUT2D eigenvalue weighted by molar-refractivity contribution is 5.79. The molecule has 0 saturated carbocycles. The van der Waals surface area contributed by atoms with E-state index in [4.69, 9.17) is 9.47 Å². The van der Waals surface area contributed by atoms with Gasteiger partial charge in [0.1, 0.15) is 13.2 Å². The fourth-order valence-corrected chi connectivity index (χ4v) is 4.86. The first-order chi connectivity index (χ1) is 18.6. The maximum atomic E-state index is 12.0. The molecule has 0 spiro atoms. The van der Waals surface area contributed by atoms with E-state index in [9.17, 15) is 14.7 Å². The molecule has 0 saturated heterocycles. The SMILES string of the molecule is CCCCCCCCCCCCCCCCCC(=O)OC(CO)OCC(=O)CCCCCCCCCCC. The Morgan fingerprint density at radius 2 is 0.868 bits per heavy atom. The van der Waals surface area contributed by atoms with Crippen molar-refractivity contribution < 1.29 is 24.2 Å². The van der Waals surface area contributed by atoms with Crippen molar-refractivity contribution in [2.24, 2.45) is 0 Å². The third-order valence-corrected chi connectivity index (χ3v) is 7.39. The molecule has 0 heterocycles. The molecule has 226 valence electrons. The van der Waals surface area contributed by atoms with Gasteiger partial charge in [0, 0.05) is 12.8 Å². The number of unbranched alkanes of at least 4 members (excludes halogenated alkanes) is 22. The molecule has 0 aliphatic carbocycles. The number of aliphatic hydroxyl groups is 1. The van der Waals surface area contributed by atoms with E-state index in [-0.39, 0.29) is 18.4 Å². The van der Waals surface area contributed by atoms with Crippen molar-refractivity contribution in [3.8, 4) is 0 Å². The number of rotatable bonds is 31. The van der Waals surface area contributed by atoms with Gasteiger partial charge in [0.05, 0.1) is 0 Å². The molecule has 38 heavy (non-hydrogen) atoms. The van der Waals surface area contributed by atoms with Crippen LogP contribution in [0.3, 0.4) is 0 Å². The zero-order chi connectivity index (χ0) is 27.9. The van der Waals surface area contributed by atoms with E-state index >= 15 is 0 Å². The Balaban J connectivity index is 3.53. The van der Waals surface area contributed by atoms with E-state index in [1.165, 1.54) is 122 Å². The van der Waals surface area contributed by atoms with Crippen LogP contribution >= 0.6 is 0 Å². The first-order valence-electron chi connectivity index (χ1n) is 16.6. The number of Topliss-reactive ketones (excluding diaryl/α,β-unsaturated/α-hetero) is 1. The van der Waals surface area contributed by atoms with Crippen LogP contribution in [0.5, 0.6) is 0 Å². The minimum Gasteiger partial charge on any atom is -0.433 e. The summed E-state index contributed by atoms with van der Waals surface area (Å²) in [5, 5.41) is 9.43. The summed E-state index contributed by atoms with van der Waals surface area (Å²) in [6, 6.07) is 0. The number of ether oxygens (including phenoxy) is 2. The Morgan fingerprint density at radius 1 is 0.526 bits per heavy atom. The molecule has 0 aromatic heterocycles. The van der Waals surface area contributed by atoms with Gasteiger partial charge in [-0.05, 0) is 12.8 Å². The number of ketones is 1. The first-order valence-corrected chi connectivity index (χ1v) is 16.6. The summed E-state index contributed by atoms with van der Waals surface area (Å²) >= 11 is 0. The Bertz CT molecular complexity index is 508. The average Bonchev–Trinajstić information content (AvgIpc) is 2.92. The van der Waals surface area contributed by atoms with E-state index in [0.29, 0.717) is 12.8 Å². The highest BCUT2D eigenvalue weighted by atomic mass is 16.7. The number of carbonyl (C=O) groups excluding carboxylic acids is 2. The Hall–Kier alpha value is -0.940. The van der Waals surface area contributed by atoms with E-state index < -0.39 is 12.9 Å². The highest BCUT2D eigenvalue weighted by Gasteiger charge is 2.15. The Labute approximate surface area is 236 Å². The molecule has 0 aliphatic heterocycles. The van der Waals surface area contributed by atoms with Crippen molar-refractivity contribution in [2.45, 2.75) is 187 Å². The highest BCUT2D eigenvalue weighted by Crippen LogP contribution is 2.14. The van der Waals surface area contributed by atoms with Gasteiger partial charge < -0.3 is 14.6 Å². The third-order valence-electron chi connectivity index (χ3n) is 7.39. The molecule has 1 atom stereocenters. The van der Waals surface area contributed by atoms with Crippen molar-refractivity contribution in [3.05, 3.63) is 0 Å². The molecule has 5 heteroatoms. The first kappa shape index (κ1) is 37.1. The summed E-state index contributed by atoms with van der Waals surface area (Å²) in [6.45, 7) is 3.98. The van der Waals surface area contributed by atoms with Crippen LogP contribution in [0.2, 0.25) is 0 Å². The van der Waals surface area contributed by atoms with Gasteiger partial charge in [-0.1, -0.05) is 155 Å². The molecule has 0 aliphatic rings. The molecule has 1 unspecified atom stereocenters. The minimum atomic E-state index is -1.04. The maximum Gasteiger partial charge on any atom is 0.308 e. The lowest BCUT2D eigenvalue weighted by Gasteiger charge is -2.16. The fourth-order valence-electron chi connectivity index (χ4n) is 4.86. The normalized spacial score (nSPS) is 12.1. The van der Waals surface area contributed by atoms with E-state index in [2.05, 4.69) is 13.8 Å². The summed E-state index contributed by atoms with van der Waals surface area (Å²) in [5.74, 6) is -0.352. The summed E-state index contributed by atoms with van der Waals surface area (Å²) < 4.78 is 10.5. The zero-order valence-electron chi connectivity index (χ0n) is 25.5. The van der Waals surface area contributed by atoms with E-state index in [0.717, 1.165) is 32.1 Å². The number of hydrogen-bond acceptors (Lipinski definition) is 5. The van der Waals surface area contributed by atoms with Gasteiger partial charge >= 0.3 is 5.97 Å². The Kier molecular flexibility index (Phi) is 29.8. The van der Waals surface area contributed by atoms with Crippen LogP contribution < -0.4 is 0 Å². The summed E-state index contributed by atoms with van der Waals surface area (Å²) in [7, 11) is 0. The van der Waals surface area contributed by atoms with Crippen LogP contribution in [0.1, 0.15) is 181 Å². The maximum absolute atomic E-state index is 12.0. The van der Waals surface area contributed by atoms with Crippen molar-refractivity contribution >= 4 is 11.8 Å². The molecular formula is C33H64O5. The second-order valence-corrected chi connectivity index (χ2v) is 11.2. The molecule has 0 amide bonds. The molecule has 0 bridgehead atoms. The summed E-state index contributed by atoms with van der Waals surface area (Å²) in [5.41, 5.74) is 0. The van der Waals surface area contributed by atoms with Crippen molar-refractivity contribution in [1.29, 1.82) is 0 Å². The quantitative estimate of drug-likeness (QED) is 0.0538. The van der Waals surface area contributed by atoms with Gasteiger partial charge in [0.15, 0.2) is 5.78 Å². The summed E-state index contributed by atoms with van der Waals surface area (Å²) in [4.78, 5) is 24.1. The number of esters is 1. The molecule has 0 aromatic carbocycles. The van der Waals surface area contributed by atoms with Crippen molar-refractivity contribution in [1.82, 2.24) is 0 Å². The lowest BCUT2D eigenvalue weighted by Crippen LogP contribution is -2.27. The minimum absolute atomic E-state index is 0.00449. The van der Waals surface area contributed by atoms with Gasteiger partial charge in [-0.25, -0.2) is 0 Å². The van der Waals surface area contributed by atoms with Crippen LogP contribution in [0.15, 0.2) is 0 Å². The molecule has 5 nitrogen and oxygen atoms in total. The smallest absolute Gasteiger partial charge is 0.308 e. The molecule has 0 fully saturated rings. The summed E-state index contributed by atoms with van der Waals surface area (Å²) in [6.07, 6.45) is 30.0. The van der Waals surface area contributed by atoms with E-state index in [1.807, 2.05) is 0 Å². The van der Waals surface area contributed by atoms with Crippen molar-refractivity contribution in [3.63, 3.8) is 0 Å². The third kappa shape index (κ3) is 28.1. The van der Waals surface area contributed by atoms with Gasteiger partial charge in [-0.2, -0.15) is 0 Å². The van der Waals surface area contributed by atoms with Gasteiger partial charge in [-0.3, -0.25) is 9.59 Å². The second-order valence-electron chi connectivity index (χ2n) is 11.2. The van der Waals surface area contributed by atoms with Crippen LogP contribution in [-0.4, -0.2) is 36.4 Å². The van der Waals surface area contributed by atoms with Gasteiger partial charge in [0.25, 0.3) is 0 Å². The van der Waals surface area contributed by atoms with Gasteiger partial charge in [0.2, 0.25) is 6.29 Å². The van der Waals surface area contributed by atoms with Crippen LogP contribution in [0, 0.1) is 0 Å². The van der Waals surface area contributed by atoms with Crippen LogP contribution in [0.25, 0.3) is 0 Å². The Morgan fingerprint density at radius 3 is 1.24 bits per heavy atom. The lowest BCUT2D eigenvalue weighted by atomic mass is 10.0. The predicted molar refractivity (Wildman–Crippen MR) is 159 cm³/mol. The molecular weight excluding hydrogens is 476 g/mol. The van der Waals surface area contributed by atoms with Gasteiger partial charge in [-0.15, -0.1) is 0 Å². The number of aliphatic hydroxyl groups excluding tert-OH is 1. The topological polar surface area (TPSA) is 72.8 Å². The fraction of sp³-hybridized carbons (Fsp3) is 0.939. The standard InChI is InChI=1S/C33H64O5/c1-3-5-7-9-11-13-14-15-16-17-18-20-22-24-26-28-32(36)38-33(29-34)37-30-31(35)27-25-23-21-19-12-10-8-6-4-2/h33-34H,3-30H2,1-2H3. The monoisotopic (exact) mass is 540 g/mol. The number of hydrogen-bond donors (Lipinski definition) is 1. The largest absolute Gasteiger partial charge is 0.433 e. The molecule has 1 N–H and O–H groups in total. The van der Waals surface area contributed by atoms with Crippen molar-refractivity contribution in [2.75, 3.05) is 13.2 Å². The molecule has 0 aromatic rings. The zero-order valence-corrected chi connectivity index (χ0v) is 25.5. The lowest BCUT2D eigenvalue weighted by molar-refractivity contribution is -0.188. The number of carbonyl (C=O) groups is 2. The predicted octanol–water partition coefficient (Wildman–Crippen LogP) is 9.62. The van der Waals surface area contributed by atoms with Crippen LogP contribution in [0.4, 0.5) is 0 Å². The van der Waals surface area contributed by atoms with E-state index in [1.54, 1.807) is 0 Å².